The molecule has 0 radical (unpaired) electrons. The van der Waals surface area contributed by atoms with Crippen LogP contribution >= 0.6 is 60.7 Å². The van der Waals surface area contributed by atoms with Crippen LogP contribution in [0.2, 0.25) is 0 Å². The van der Waals surface area contributed by atoms with E-state index in [1.165, 1.54) is 19.2 Å². The molecule has 1 unspecified atom stereocenters. The third-order valence-electron chi connectivity index (χ3n) is 6.32. The zero-order valence-electron chi connectivity index (χ0n) is 22.9. The van der Waals surface area contributed by atoms with Crippen LogP contribution in [0.5, 0.6) is 5.75 Å². The smallest absolute Gasteiger partial charge is 0.471 e. The number of Topliss-reactive ketones (excluding diaryl/α,β-unsaturated/α-hetero) is 1. The average molecular weight is 741 g/mol. The Hall–Kier alpha value is -2.49. The molecule has 2 aromatic rings. The summed E-state index contributed by atoms with van der Waals surface area (Å²) in [5, 5.41) is 8.89. The fourth-order valence-electron chi connectivity index (χ4n) is 4.44. The Labute approximate surface area is 273 Å². The molecule has 3 rings (SSSR count). The van der Waals surface area contributed by atoms with Crippen LogP contribution in [0.25, 0.3) is 0 Å². The average Bonchev–Trinajstić information content (AvgIpc) is 3.31. The van der Waals surface area contributed by atoms with Gasteiger partial charge in [-0.3, -0.25) is 24.7 Å². The quantitative estimate of drug-likeness (QED) is 0.119. The lowest BCUT2D eigenvalue weighted by atomic mass is 10.0. The number of anilines is 1. The maximum absolute atomic E-state index is 14.6. The highest BCUT2D eigenvalue weighted by atomic mass is 32.2. The number of carbonyl (C=O) groups is 3. The molecule has 0 saturated carbocycles. The third-order valence-corrected chi connectivity index (χ3v) is 9.28. The molecule has 0 spiro atoms. The Bertz CT molecular complexity index is 1520. The van der Waals surface area contributed by atoms with Gasteiger partial charge in [-0.25, -0.2) is 0 Å². The maximum atomic E-state index is 14.6. The van der Waals surface area contributed by atoms with Gasteiger partial charge in [0.25, 0.3) is 5.91 Å². The van der Waals surface area contributed by atoms with Gasteiger partial charge in [-0.15, -0.1) is 0 Å². The van der Waals surface area contributed by atoms with Gasteiger partial charge >= 0.3 is 12.1 Å². The van der Waals surface area contributed by atoms with Crippen molar-refractivity contribution in [3.8, 4) is 5.75 Å². The van der Waals surface area contributed by atoms with Gasteiger partial charge < -0.3 is 15.0 Å². The predicted octanol–water partition coefficient (Wildman–Crippen LogP) is 8.23. The first-order valence-electron chi connectivity index (χ1n) is 12.2. The van der Waals surface area contributed by atoms with E-state index in [-0.39, 0.29) is 40.8 Å². The first kappa shape index (κ1) is 37.0. The lowest BCUT2D eigenvalue weighted by molar-refractivity contribution is -0.170. The number of carbonyl (C=O) groups excluding carboxylic acids is 3. The number of halogens is 8. The Morgan fingerprint density at radius 2 is 1.62 bits per heavy atom. The van der Waals surface area contributed by atoms with E-state index < -0.39 is 127 Å². The predicted molar refractivity (Wildman–Crippen MR) is 159 cm³/mol. The summed E-state index contributed by atoms with van der Waals surface area (Å²) in [5.41, 5.74) is -1.75. The fourth-order valence-corrected chi connectivity index (χ4v) is 7.11. The maximum Gasteiger partial charge on any atom is 0.471 e. The van der Waals surface area contributed by atoms with Crippen molar-refractivity contribution in [1.29, 1.82) is 5.41 Å². The Balaban J connectivity index is 2.21. The number of ether oxygens (including phenoxy) is 1. The molecule has 246 valence electrons. The molecule has 2 N–H and O–H groups in total. The zero-order chi connectivity index (χ0) is 33.8. The van der Waals surface area contributed by atoms with E-state index in [0.29, 0.717) is 5.56 Å². The molecule has 0 fully saturated rings. The first-order chi connectivity index (χ1) is 21.2. The van der Waals surface area contributed by atoms with E-state index in [4.69, 9.17) is 10.1 Å². The van der Waals surface area contributed by atoms with Gasteiger partial charge in [0.05, 0.1) is 110 Å². The normalized spacial score (nSPS) is 13.5. The topological polar surface area (TPSA) is 103 Å². The molecule has 0 bridgehead atoms. The monoisotopic (exact) mass is 740 g/mol. The van der Waals surface area contributed by atoms with Crippen molar-refractivity contribution in [2.75, 3.05) is 25.1 Å². The van der Waals surface area contributed by atoms with E-state index in [1.807, 2.05) is 0 Å². The lowest BCUT2D eigenvalue weighted by Crippen LogP contribution is -2.45. The van der Waals surface area contributed by atoms with Crippen molar-refractivity contribution < 1.29 is 51.7 Å². The number of fused-ring (bicyclic) bond motifs is 1. The number of nitrogens with zero attached hydrogens (tertiary/aromatic N) is 2. The van der Waals surface area contributed by atoms with Gasteiger partial charge in [0.2, 0.25) is 0 Å². The Kier molecular flexibility index (Phi) is 12.7. The van der Waals surface area contributed by atoms with Crippen LogP contribution in [-0.4, -0.2) is 60.1 Å². The molecule has 2 aromatic carbocycles. The number of hydrogen-bond donors (Lipinski definition) is 2. The number of alkyl halides is 3. The van der Waals surface area contributed by atoms with Gasteiger partial charge in [-0.1, -0.05) is 0 Å². The summed E-state index contributed by atoms with van der Waals surface area (Å²) in [6.07, 6.45) is -5.72. The summed E-state index contributed by atoms with van der Waals surface area (Å²) >= 11 is -4.49. The number of rotatable bonds is 13. The van der Waals surface area contributed by atoms with Crippen LogP contribution in [-0.2, 0) is 11.3 Å². The Morgan fingerprint density at radius 1 is 1.02 bits per heavy atom. The minimum absolute atomic E-state index is 0.0612. The summed E-state index contributed by atoms with van der Waals surface area (Å²) in [7, 11) is 1.36. The summed E-state index contributed by atoms with van der Waals surface area (Å²) in [6, 6.07) is 2.78. The number of benzene rings is 2. The molecule has 0 aliphatic carbocycles. The number of hydrogen-bond acceptors (Lipinski definition) is 10. The summed E-state index contributed by atoms with van der Waals surface area (Å²) in [4.78, 5) is 34.6. The number of ketones is 1. The summed E-state index contributed by atoms with van der Waals surface area (Å²) in [5.74, 6) is -4.79. The van der Waals surface area contributed by atoms with Crippen LogP contribution < -0.4 is 15.0 Å². The van der Waals surface area contributed by atoms with E-state index in [1.54, 1.807) is 6.92 Å². The highest BCUT2D eigenvalue weighted by Gasteiger charge is 2.48. The third kappa shape index (κ3) is 7.25. The second kappa shape index (κ2) is 15.4. The first-order valence-corrected chi connectivity index (χ1v) is 15.9. The van der Waals surface area contributed by atoms with Crippen LogP contribution in [0, 0.1) is 5.41 Å². The molecule has 1 aliphatic rings. The van der Waals surface area contributed by atoms with E-state index in [2.05, 4.69) is 5.32 Å². The molecule has 2 amide bonds. The second-order valence-corrected chi connectivity index (χ2v) is 12.0. The van der Waals surface area contributed by atoms with Gasteiger partial charge in [0.15, 0.2) is 5.78 Å². The molecule has 1 heterocycles. The molecule has 1 atom stereocenters. The summed E-state index contributed by atoms with van der Waals surface area (Å²) in [6.45, 7) is 1.53. The standard InChI is InChI=1S/C24H20F8N4O4S5/c1-4-40-14-5-10-7-35(21(33)11(10)6-12(14)22(38)34-3)8-13(37)15-17(42-29)16(19(44-31)20(45-32)18(15)43-30)36(9(2)41-28)23(39)24(25,26)27/h5-6,9,33H,4,7-8H2,1-3H3,(H,34,38). The number of nitrogens with one attached hydrogen (secondary N) is 2. The highest BCUT2D eigenvalue weighted by Crippen LogP contribution is 2.54. The van der Waals surface area contributed by atoms with Crippen molar-refractivity contribution in [2.45, 2.75) is 51.5 Å². The largest absolute Gasteiger partial charge is 0.493 e. The SMILES string of the molecule is CCOc1cc2c(cc1C(=O)NC)C(=N)N(CC(=O)c1c(SF)c(SF)c(SF)c(N(C(=O)C(F)(F)F)C(C)SF)c1SF)C2. The van der Waals surface area contributed by atoms with Crippen molar-refractivity contribution in [3.63, 3.8) is 0 Å². The van der Waals surface area contributed by atoms with Crippen LogP contribution in [0.3, 0.4) is 0 Å². The molecular weight excluding hydrogens is 721 g/mol. The number of amides is 2. The fraction of sp³-hybridized carbons (Fsp3) is 0.333. The van der Waals surface area contributed by atoms with Gasteiger partial charge in [0, 0.05) is 19.2 Å². The molecule has 8 nitrogen and oxygen atoms in total. The zero-order valence-corrected chi connectivity index (χ0v) is 27.0. The summed E-state index contributed by atoms with van der Waals surface area (Å²) < 4.78 is 117. The van der Waals surface area contributed by atoms with E-state index >= 15 is 0 Å². The van der Waals surface area contributed by atoms with E-state index in [9.17, 15) is 47.0 Å². The molecular formula is C24H20F8N4O4S5. The Morgan fingerprint density at radius 3 is 2.11 bits per heavy atom. The number of amidine groups is 1. The van der Waals surface area contributed by atoms with Crippen LogP contribution in [0.1, 0.15) is 45.7 Å². The van der Waals surface area contributed by atoms with Crippen LogP contribution in [0.15, 0.2) is 31.7 Å². The molecule has 0 aromatic heterocycles. The van der Waals surface area contributed by atoms with Crippen molar-refractivity contribution in [3.05, 3.63) is 34.4 Å². The second-order valence-electron chi connectivity index (χ2n) is 8.86. The molecule has 0 saturated heterocycles. The molecule has 45 heavy (non-hydrogen) atoms. The van der Waals surface area contributed by atoms with Crippen molar-refractivity contribution >= 4 is 89.9 Å². The van der Waals surface area contributed by atoms with Gasteiger partial charge in [-0.2, -0.15) is 32.6 Å². The minimum atomic E-state index is -5.72. The van der Waals surface area contributed by atoms with Gasteiger partial charge in [-0.05, 0) is 31.5 Å². The molecule has 21 heteroatoms. The minimum Gasteiger partial charge on any atom is -0.493 e. The lowest BCUT2D eigenvalue weighted by Gasteiger charge is -2.31. The van der Waals surface area contributed by atoms with Crippen molar-refractivity contribution in [2.24, 2.45) is 0 Å². The highest BCUT2D eigenvalue weighted by molar-refractivity contribution is 7.99. The van der Waals surface area contributed by atoms with Gasteiger partial charge in [0.1, 0.15) is 17.0 Å². The van der Waals surface area contributed by atoms with E-state index in [0.717, 1.165) is 11.8 Å². The molecule has 1 aliphatic heterocycles. The van der Waals surface area contributed by atoms with Crippen LogP contribution in [0.4, 0.5) is 38.3 Å². The van der Waals surface area contributed by atoms with Crippen molar-refractivity contribution in [1.82, 2.24) is 10.2 Å².